The number of ether oxygens (including phenoxy) is 1. The van der Waals surface area contributed by atoms with E-state index in [4.69, 9.17) is 4.74 Å². The summed E-state index contributed by atoms with van der Waals surface area (Å²) in [6, 6.07) is 5.68. The smallest absolute Gasteiger partial charge is 0.165 e. The molecule has 0 aliphatic carbocycles. The molecule has 1 aromatic carbocycles. The first kappa shape index (κ1) is 22.4. The van der Waals surface area contributed by atoms with Crippen LogP contribution in [0.15, 0.2) is 18.2 Å². The molecule has 0 unspecified atom stereocenters. The quantitative estimate of drug-likeness (QED) is 0.731. The van der Waals surface area contributed by atoms with Gasteiger partial charge < -0.3 is 10.1 Å². The lowest BCUT2D eigenvalue weighted by molar-refractivity contribution is 0.162. The van der Waals surface area contributed by atoms with Gasteiger partial charge in [0, 0.05) is 32.2 Å². The van der Waals surface area contributed by atoms with E-state index in [1.807, 2.05) is 12.1 Å². The molecule has 1 aromatic rings. The SMILES string of the molecule is CCCCC[C@H](c1ccc(F)c(OC)c1)N1CCNCC1.Cl.Cl. The highest BCUT2D eigenvalue weighted by molar-refractivity contribution is 5.85. The molecule has 2 rings (SSSR count). The summed E-state index contributed by atoms with van der Waals surface area (Å²) in [6.45, 7) is 6.39. The Hall–Kier alpha value is -0.550. The standard InChI is InChI=1S/C17H27FN2O.2ClH/c1-3-4-5-6-16(20-11-9-19-10-12-20)14-7-8-15(18)17(13-14)21-2;;/h7-8,13,16,19H,3-6,9-12H2,1-2H3;2*1H/t16-;;/m1../s1. The number of hydrogen-bond acceptors (Lipinski definition) is 3. The van der Waals surface area contributed by atoms with Crippen molar-refractivity contribution in [3.63, 3.8) is 0 Å². The number of methoxy groups -OCH3 is 1. The molecule has 1 atom stereocenters. The Bertz CT molecular complexity index is 443. The maximum absolute atomic E-state index is 13.6. The van der Waals surface area contributed by atoms with Crippen molar-refractivity contribution in [3.05, 3.63) is 29.6 Å². The summed E-state index contributed by atoms with van der Waals surface area (Å²) >= 11 is 0. The number of nitrogens with one attached hydrogen (secondary N) is 1. The van der Waals surface area contributed by atoms with Gasteiger partial charge in [-0.1, -0.05) is 32.3 Å². The molecule has 1 heterocycles. The van der Waals surface area contributed by atoms with Gasteiger partial charge in [0.05, 0.1) is 7.11 Å². The highest BCUT2D eigenvalue weighted by atomic mass is 35.5. The van der Waals surface area contributed by atoms with E-state index in [9.17, 15) is 4.39 Å². The first-order valence-electron chi connectivity index (χ1n) is 8.04. The Labute approximate surface area is 151 Å². The average molecular weight is 367 g/mol. The average Bonchev–Trinajstić information content (AvgIpc) is 2.53. The van der Waals surface area contributed by atoms with Gasteiger partial charge in [-0.25, -0.2) is 4.39 Å². The molecule has 6 heteroatoms. The van der Waals surface area contributed by atoms with Crippen LogP contribution in [0.4, 0.5) is 4.39 Å². The zero-order chi connectivity index (χ0) is 15.1. The number of hydrogen-bond donors (Lipinski definition) is 1. The van der Waals surface area contributed by atoms with E-state index >= 15 is 0 Å². The van der Waals surface area contributed by atoms with Gasteiger partial charge in [-0.3, -0.25) is 4.90 Å². The van der Waals surface area contributed by atoms with E-state index < -0.39 is 0 Å². The number of rotatable bonds is 7. The highest BCUT2D eigenvalue weighted by Gasteiger charge is 2.22. The molecule has 134 valence electrons. The Balaban J connectivity index is 0.00000242. The zero-order valence-electron chi connectivity index (χ0n) is 14.0. The van der Waals surface area contributed by atoms with Crippen LogP contribution in [0.25, 0.3) is 0 Å². The zero-order valence-corrected chi connectivity index (χ0v) is 15.6. The summed E-state index contributed by atoms with van der Waals surface area (Å²) in [4.78, 5) is 2.51. The maximum Gasteiger partial charge on any atom is 0.165 e. The van der Waals surface area contributed by atoms with Crippen LogP contribution in [0, 0.1) is 5.82 Å². The minimum absolute atomic E-state index is 0. The minimum atomic E-state index is -0.283. The third kappa shape index (κ3) is 6.46. The van der Waals surface area contributed by atoms with Crippen molar-refractivity contribution in [1.82, 2.24) is 10.2 Å². The van der Waals surface area contributed by atoms with E-state index in [-0.39, 0.29) is 30.6 Å². The van der Waals surface area contributed by atoms with Crippen LogP contribution in [-0.2, 0) is 0 Å². The summed E-state index contributed by atoms with van der Waals surface area (Å²) < 4.78 is 18.8. The summed E-state index contributed by atoms with van der Waals surface area (Å²) in [5.41, 5.74) is 1.17. The molecule has 1 fully saturated rings. The summed E-state index contributed by atoms with van der Waals surface area (Å²) in [7, 11) is 1.53. The maximum atomic E-state index is 13.6. The van der Waals surface area contributed by atoms with Gasteiger partial charge >= 0.3 is 0 Å². The molecule has 0 aromatic heterocycles. The summed E-state index contributed by atoms with van der Waals surface area (Å²) in [5, 5.41) is 3.39. The van der Waals surface area contributed by atoms with Gasteiger partial charge in [0.15, 0.2) is 11.6 Å². The molecule has 1 aliphatic heterocycles. The normalized spacial score (nSPS) is 16.1. The van der Waals surface area contributed by atoms with Gasteiger partial charge in [0.1, 0.15) is 0 Å². The van der Waals surface area contributed by atoms with E-state index in [0.717, 1.165) is 32.6 Å². The Morgan fingerprint density at radius 2 is 1.91 bits per heavy atom. The molecule has 0 bridgehead atoms. The Kier molecular flexibility index (Phi) is 11.6. The number of halogens is 3. The van der Waals surface area contributed by atoms with Gasteiger partial charge in [-0.15, -0.1) is 24.8 Å². The minimum Gasteiger partial charge on any atom is -0.494 e. The van der Waals surface area contributed by atoms with Gasteiger partial charge in [-0.05, 0) is 24.1 Å². The fourth-order valence-corrected chi connectivity index (χ4v) is 3.03. The van der Waals surface area contributed by atoms with Crippen LogP contribution in [0.3, 0.4) is 0 Å². The second-order valence-electron chi connectivity index (χ2n) is 5.69. The predicted molar refractivity (Wildman–Crippen MR) is 98.8 cm³/mol. The van der Waals surface area contributed by atoms with Crippen LogP contribution in [-0.4, -0.2) is 38.2 Å². The van der Waals surface area contributed by atoms with Crippen molar-refractivity contribution in [1.29, 1.82) is 0 Å². The third-order valence-corrected chi connectivity index (χ3v) is 4.23. The molecule has 1 N–H and O–H groups in total. The number of piperazine rings is 1. The van der Waals surface area contributed by atoms with Gasteiger partial charge in [0.2, 0.25) is 0 Å². The topological polar surface area (TPSA) is 24.5 Å². The van der Waals surface area contributed by atoms with E-state index in [1.165, 1.54) is 38.0 Å². The van der Waals surface area contributed by atoms with Crippen LogP contribution in [0.2, 0.25) is 0 Å². The monoisotopic (exact) mass is 366 g/mol. The van der Waals surface area contributed by atoms with Crippen LogP contribution < -0.4 is 10.1 Å². The van der Waals surface area contributed by atoms with E-state index in [1.54, 1.807) is 0 Å². The molecular weight excluding hydrogens is 338 g/mol. The first-order valence-corrected chi connectivity index (χ1v) is 8.04. The lowest BCUT2D eigenvalue weighted by Crippen LogP contribution is -2.45. The Morgan fingerprint density at radius 1 is 1.22 bits per heavy atom. The molecule has 1 aliphatic rings. The number of nitrogens with zero attached hydrogens (tertiary/aromatic N) is 1. The molecule has 23 heavy (non-hydrogen) atoms. The Morgan fingerprint density at radius 3 is 2.52 bits per heavy atom. The molecule has 0 spiro atoms. The van der Waals surface area contributed by atoms with E-state index in [2.05, 4.69) is 17.1 Å². The van der Waals surface area contributed by atoms with Crippen LogP contribution in [0.1, 0.15) is 44.2 Å². The third-order valence-electron chi connectivity index (χ3n) is 4.23. The fourth-order valence-electron chi connectivity index (χ4n) is 3.03. The lowest BCUT2D eigenvalue weighted by Gasteiger charge is -2.35. The van der Waals surface area contributed by atoms with Crippen molar-refractivity contribution >= 4 is 24.8 Å². The van der Waals surface area contributed by atoms with Crippen LogP contribution >= 0.6 is 24.8 Å². The second-order valence-corrected chi connectivity index (χ2v) is 5.69. The predicted octanol–water partition coefficient (Wildman–Crippen LogP) is 4.20. The largest absolute Gasteiger partial charge is 0.494 e. The van der Waals surface area contributed by atoms with Gasteiger partial charge in [-0.2, -0.15) is 0 Å². The molecule has 0 radical (unpaired) electrons. The van der Waals surface area contributed by atoms with Crippen molar-refractivity contribution in [2.45, 2.75) is 38.6 Å². The number of unbranched alkanes of at least 4 members (excludes halogenated alkanes) is 2. The van der Waals surface area contributed by atoms with Crippen molar-refractivity contribution < 1.29 is 9.13 Å². The molecule has 0 saturated carbocycles. The molecule has 1 saturated heterocycles. The second kappa shape index (κ2) is 11.9. The summed E-state index contributed by atoms with van der Waals surface area (Å²) in [5.74, 6) is 0.0667. The van der Waals surface area contributed by atoms with E-state index in [0.29, 0.717) is 11.8 Å². The molecular formula is C17H29Cl2FN2O. The lowest BCUT2D eigenvalue weighted by atomic mass is 9.98. The van der Waals surface area contributed by atoms with Crippen molar-refractivity contribution in [3.8, 4) is 5.75 Å². The van der Waals surface area contributed by atoms with Crippen molar-refractivity contribution in [2.24, 2.45) is 0 Å². The first-order chi connectivity index (χ1) is 10.3. The molecule has 0 amide bonds. The van der Waals surface area contributed by atoms with Gasteiger partial charge in [0.25, 0.3) is 0 Å². The highest BCUT2D eigenvalue weighted by Crippen LogP contribution is 2.30. The molecule has 3 nitrogen and oxygen atoms in total. The number of benzene rings is 1. The summed E-state index contributed by atoms with van der Waals surface area (Å²) in [6.07, 6.45) is 4.81. The van der Waals surface area contributed by atoms with Crippen LogP contribution in [0.5, 0.6) is 5.75 Å². The van der Waals surface area contributed by atoms with Crippen molar-refractivity contribution in [2.75, 3.05) is 33.3 Å². The fraction of sp³-hybridized carbons (Fsp3) is 0.647.